The number of nitrogens with one attached hydrogen (secondary N) is 2. The number of aromatic nitrogens is 3. The van der Waals surface area contributed by atoms with Crippen LogP contribution < -0.4 is 22.1 Å². The molecule has 12 nitrogen and oxygen atoms in total. The second kappa shape index (κ2) is 10.7. The van der Waals surface area contributed by atoms with Crippen molar-refractivity contribution in [3.05, 3.63) is 71.5 Å². The molecule has 13 heteroatoms. The van der Waals surface area contributed by atoms with Gasteiger partial charge >= 0.3 is 5.97 Å². The number of nitrogens with two attached hydrogens (primary N) is 2. The number of Topliss-reactive ketones (excluding diaryl/α,β-unsaturated/α-hetero) is 1. The number of ketones is 1. The summed E-state index contributed by atoms with van der Waals surface area (Å²) in [5, 5.41) is 15.8. The zero-order valence-corrected chi connectivity index (χ0v) is 20.9. The molecule has 0 bridgehead atoms. The number of benzene rings is 2. The summed E-state index contributed by atoms with van der Waals surface area (Å²) in [6, 6.07) is 13.1. The van der Waals surface area contributed by atoms with E-state index in [1.165, 1.54) is 24.3 Å². The van der Waals surface area contributed by atoms with Gasteiger partial charge in [0.15, 0.2) is 11.3 Å². The van der Waals surface area contributed by atoms with E-state index >= 15 is 0 Å². The summed E-state index contributed by atoms with van der Waals surface area (Å²) in [5.74, 6) is -3.38. The summed E-state index contributed by atoms with van der Waals surface area (Å²) in [7, 11) is 0. The number of hydrogen-bond donors (Lipinski definition) is 5. The lowest BCUT2D eigenvalue weighted by atomic mass is 9.85. The third-order valence-electron chi connectivity index (χ3n) is 5.72. The Morgan fingerprint density at radius 2 is 1.82 bits per heavy atom. The molecule has 0 saturated heterocycles. The molecule has 194 valence electrons. The van der Waals surface area contributed by atoms with E-state index in [-0.39, 0.29) is 23.2 Å². The van der Waals surface area contributed by atoms with Gasteiger partial charge in [0, 0.05) is 17.7 Å². The van der Waals surface area contributed by atoms with Crippen LogP contribution in [0.2, 0.25) is 0 Å². The predicted octanol–water partition coefficient (Wildman–Crippen LogP) is 2.62. The Kier molecular flexibility index (Phi) is 7.41. The van der Waals surface area contributed by atoms with Crippen molar-refractivity contribution < 1.29 is 24.3 Å². The summed E-state index contributed by atoms with van der Waals surface area (Å²) >= 11 is 1.07. The quantitative estimate of drug-likeness (QED) is 0.149. The van der Waals surface area contributed by atoms with E-state index < -0.39 is 35.5 Å². The monoisotopic (exact) mass is 533 g/mol. The number of para-hydroxylation sites is 2. The third-order valence-corrected chi connectivity index (χ3v) is 6.57. The van der Waals surface area contributed by atoms with Gasteiger partial charge in [-0.15, -0.1) is 0 Å². The first kappa shape index (κ1) is 26.3. The van der Waals surface area contributed by atoms with Crippen LogP contribution in [0, 0.1) is 6.92 Å². The molecule has 7 N–H and O–H groups in total. The normalized spacial score (nSPS) is 12.5. The van der Waals surface area contributed by atoms with Crippen LogP contribution in [0.15, 0.2) is 54.7 Å². The van der Waals surface area contributed by atoms with E-state index in [0.717, 1.165) is 17.0 Å². The van der Waals surface area contributed by atoms with Crippen LogP contribution in [-0.4, -0.2) is 48.6 Å². The number of hydrogen-bond acceptors (Lipinski definition) is 10. The van der Waals surface area contributed by atoms with E-state index in [4.69, 9.17) is 11.5 Å². The number of carboxylic acid groups (broad SMARTS) is 1. The Morgan fingerprint density at radius 3 is 2.53 bits per heavy atom. The molecule has 4 rings (SSSR count). The van der Waals surface area contributed by atoms with Crippen molar-refractivity contribution in [2.75, 3.05) is 10.6 Å². The van der Waals surface area contributed by atoms with E-state index in [1.807, 2.05) is 24.3 Å². The van der Waals surface area contributed by atoms with Gasteiger partial charge in [-0.3, -0.25) is 19.4 Å². The number of carboxylic acids is 1. The maximum Gasteiger partial charge on any atom is 0.331 e. The summed E-state index contributed by atoms with van der Waals surface area (Å²) in [6.45, 7) is 1.68. The molecule has 2 aromatic heterocycles. The van der Waals surface area contributed by atoms with Crippen LogP contribution in [0.4, 0.5) is 16.5 Å². The fourth-order valence-electron chi connectivity index (χ4n) is 3.68. The van der Waals surface area contributed by atoms with Gasteiger partial charge in [-0.2, -0.15) is 4.37 Å². The number of fused-ring (bicyclic) bond motifs is 1. The topological polar surface area (TPSA) is 203 Å². The molecule has 0 fully saturated rings. The highest BCUT2D eigenvalue weighted by atomic mass is 32.1. The van der Waals surface area contributed by atoms with Crippen molar-refractivity contribution in [2.24, 2.45) is 11.5 Å². The van der Waals surface area contributed by atoms with Gasteiger partial charge in [-0.25, -0.2) is 9.78 Å². The average molecular weight is 534 g/mol. The highest BCUT2D eigenvalue weighted by Gasteiger charge is 2.42. The van der Waals surface area contributed by atoms with E-state index in [9.17, 15) is 24.3 Å². The third kappa shape index (κ3) is 5.48. The number of primary amides is 1. The largest absolute Gasteiger partial charge is 0.480 e. The van der Waals surface area contributed by atoms with Crippen molar-refractivity contribution in [3.63, 3.8) is 0 Å². The minimum atomic E-state index is -2.36. The molecule has 4 aromatic rings. The molecule has 0 aliphatic carbocycles. The Labute approximate surface area is 220 Å². The van der Waals surface area contributed by atoms with Gasteiger partial charge in [0.05, 0.1) is 28.5 Å². The number of amides is 2. The van der Waals surface area contributed by atoms with Gasteiger partial charge in [0.25, 0.3) is 5.91 Å². The number of carbonyl (C=O) groups excluding carboxylic acids is 3. The first-order valence-electron chi connectivity index (χ1n) is 11.3. The Morgan fingerprint density at radius 1 is 1.08 bits per heavy atom. The molecule has 1 atom stereocenters. The van der Waals surface area contributed by atoms with Crippen molar-refractivity contribution >= 4 is 62.6 Å². The molecule has 0 spiro atoms. The molecule has 0 unspecified atom stereocenters. The minimum Gasteiger partial charge on any atom is -0.480 e. The number of nitrogens with zero attached hydrogens (tertiary/aromatic N) is 3. The van der Waals surface area contributed by atoms with Crippen molar-refractivity contribution in [1.29, 1.82) is 0 Å². The molecular weight excluding hydrogens is 510 g/mol. The Bertz CT molecular complexity index is 1570. The first-order valence-corrected chi connectivity index (χ1v) is 12.1. The first-order chi connectivity index (χ1) is 18.1. The summed E-state index contributed by atoms with van der Waals surface area (Å²) in [4.78, 5) is 58.0. The summed E-state index contributed by atoms with van der Waals surface area (Å²) in [6.07, 6.45) is 0.695. The second-order valence-corrected chi connectivity index (χ2v) is 9.22. The molecule has 2 heterocycles. The smallest absolute Gasteiger partial charge is 0.331 e. The van der Waals surface area contributed by atoms with E-state index in [2.05, 4.69) is 25.0 Å². The van der Waals surface area contributed by atoms with Crippen LogP contribution in [-0.2, 0) is 9.59 Å². The molecule has 0 radical (unpaired) electrons. The fraction of sp³-hybridized carbons (Fsp3) is 0.160. The predicted molar refractivity (Wildman–Crippen MR) is 141 cm³/mol. The van der Waals surface area contributed by atoms with Crippen LogP contribution >= 0.6 is 11.5 Å². The van der Waals surface area contributed by atoms with Crippen LogP contribution in [0.1, 0.15) is 39.3 Å². The van der Waals surface area contributed by atoms with E-state index in [1.54, 1.807) is 13.1 Å². The van der Waals surface area contributed by atoms with Gasteiger partial charge in [0.1, 0.15) is 10.8 Å². The van der Waals surface area contributed by atoms with Crippen molar-refractivity contribution in [1.82, 2.24) is 14.3 Å². The molecule has 2 aromatic carbocycles. The molecule has 0 aliphatic heterocycles. The number of aliphatic carboxylic acids is 1. The second-order valence-electron chi connectivity index (χ2n) is 8.45. The summed E-state index contributed by atoms with van der Waals surface area (Å²) < 4.78 is 4.27. The van der Waals surface area contributed by atoms with Crippen molar-refractivity contribution in [2.45, 2.75) is 25.3 Å². The standard InChI is InChI=1S/C25H23N7O5S/c1-13-20(23(38-32-13)31-19-12-28-16-7-2-3-8-17(16)30-19)22(35)29-15-6-4-5-14(11-15)21(34)25(27,24(36)37)10-9-18(26)33/h2-8,11-12H,9-10,27H2,1H3,(H2,26,33)(H,29,35)(H,30,31)(H,36,37)/t25-/m1/s1. The highest BCUT2D eigenvalue weighted by molar-refractivity contribution is 7.10. The molecule has 0 saturated carbocycles. The lowest BCUT2D eigenvalue weighted by Crippen LogP contribution is -2.55. The number of anilines is 3. The zero-order chi connectivity index (χ0) is 27.4. The van der Waals surface area contributed by atoms with Gasteiger partial charge in [-0.1, -0.05) is 24.3 Å². The van der Waals surface area contributed by atoms with Crippen LogP contribution in [0.3, 0.4) is 0 Å². The highest BCUT2D eigenvalue weighted by Crippen LogP contribution is 2.29. The lowest BCUT2D eigenvalue weighted by molar-refractivity contribution is -0.141. The molecule has 38 heavy (non-hydrogen) atoms. The SMILES string of the molecule is Cc1nsc(Nc2cnc3ccccc3n2)c1C(=O)Nc1cccc(C(=O)[C@](N)(CCC(N)=O)C(=O)O)c1. The lowest BCUT2D eigenvalue weighted by Gasteiger charge is -2.23. The zero-order valence-electron chi connectivity index (χ0n) is 20.1. The number of rotatable bonds is 10. The molecule has 2 amide bonds. The maximum absolute atomic E-state index is 13.2. The van der Waals surface area contributed by atoms with Gasteiger partial charge in [-0.05, 0) is 49.1 Å². The molecule has 0 aliphatic rings. The minimum absolute atomic E-state index is 0.0536. The average Bonchev–Trinajstić information content (AvgIpc) is 3.26. The van der Waals surface area contributed by atoms with E-state index in [0.29, 0.717) is 22.0 Å². The Hall–Kier alpha value is -4.75. The van der Waals surface area contributed by atoms with Crippen molar-refractivity contribution in [3.8, 4) is 0 Å². The van der Waals surface area contributed by atoms with Crippen LogP contribution in [0.25, 0.3) is 11.0 Å². The van der Waals surface area contributed by atoms with Crippen LogP contribution in [0.5, 0.6) is 0 Å². The molecular formula is C25H23N7O5S. The Balaban J connectivity index is 1.55. The summed E-state index contributed by atoms with van der Waals surface area (Å²) in [5.41, 5.74) is 10.9. The maximum atomic E-state index is 13.2. The van der Waals surface area contributed by atoms with Gasteiger partial charge in [0.2, 0.25) is 5.91 Å². The number of carbonyl (C=O) groups is 4. The fourth-order valence-corrected chi connectivity index (χ4v) is 4.48. The number of aryl methyl sites for hydroxylation is 1. The van der Waals surface area contributed by atoms with Gasteiger partial charge < -0.3 is 27.2 Å².